The van der Waals surface area contributed by atoms with Crippen LogP contribution in [-0.2, 0) is 14.8 Å². The molecule has 1 N–H and O–H groups in total. The van der Waals surface area contributed by atoms with Crippen LogP contribution in [0.15, 0.2) is 11.0 Å². The molecule has 2 heterocycles. The zero-order valence-corrected chi connectivity index (χ0v) is 17.4. The third-order valence-corrected chi connectivity index (χ3v) is 8.29. The van der Waals surface area contributed by atoms with Crippen molar-refractivity contribution in [3.05, 3.63) is 28.3 Å². The predicted molar refractivity (Wildman–Crippen MR) is 103 cm³/mol. The van der Waals surface area contributed by atoms with E-state index >= 15 is 0 Å². The molecule has 1 aromatic rings. The number of benzene rings is 1. The third-order valence-electron chi connectivity index (χ3n) is 6.11. The molecule has 0 spiro atoms. The van der Waals surface area contributed by atoms with Gasteiger partial charge >= 0.3 is 0 Å². The van der Waals surface area contributed by atoms with Gasteiger partial charge in [0.25, 0.3) is 0 Å². The summed E-state index contributed by atoms with van der Waals surface area (Å²) in [5.74, 6) is 0. The molecule has 146 valence electrons. The van der Waals surface area contributed by atoms with Gasteiger partial charge in [0, 0.05) is 6.61 Å². The molecule has 6 heteroatoms. The van der Waals surface area contributed by atoms with Crippen LogP contribution in [0.3, 0.4) is 0 Å². The van der Waals surface area contributed by atoms with Crippen LogP contribution in [0.1, 0.15) is 41.5 Å². The number of sulfonamides is 1. The lowest BCUT2D eigenvalue weighted by Crippen LogP contribution is -3.15. The largest absolute Gasteiger partial charge is 0.372 e. The quantitative estimate of drug-likeness (QED) is 0.857. The maximum atomic E-state index is 13.3. The minimum absolute atomic E-state index is 0.353. The van der Waals surface area contributed by atoms with Crippen LogP contribution in [0, 0.1) is 27.7 Å². The first-order valence-electron chi connectivity index (χ1n) is 9.83. The van der Waals surface area contributed by atoms with E-state index in [1.165, 1.54) is 17.7 Å². The molecule has 26 heavy (non-hydrogen) atoms. The number of hydrogen-bond donors (Lipinski definition) is 1. The molecule has 0 radical (unpaired) electrons. The standard InChI is InChI=1S/C20H32N2O3S/c1-15-13-16(2)18(4)20(17(15)3)26(23,24)22-10-8-21(9-11-22)14-19-7-5-6-12-25-19/h13,19H,5-12,14H2,1-4H3/p+1/t19-/m0/s1. The van der Waals surface area contributed by atoms with E-state index in [9.17, 15) is 8.42 Å². The highest BCUT2D eigenvalue weighted by Crippen LogP contribution is 2.28. The van der Waals surface area contributed by atoms with Crippen molar-refractivity contribution < 1.29 is 18.1 Å². The van der Waals surface area contributed by atoms with Crippen molar-refractivity contribution in [1.82, 2.24) is 4.31 Å². The minimum Gasteiger partial charge on any atom is -0.372 e. The molecule has 2 aliphatic heterocycles. The molecule has 0 bridgehead atoms. The van der Waals surface area contributed by atoms with E-state index in [0.717, 1.165) is 54.9 Å². The summed E-state index contributed by atoms with van der Waals surface area (Å²) in [6.45, 7) is 12.6. The fraction of sp³-hybridized carbons (Fsp3) is 0.700. The molecule has 0 aromatic heterocycles. The Morgan fingerprint density at radius 1 is 1.08 bits per heavy atom. The summed E-state index contributed by atoms with van der Waals surface area (Å²) >= 11 is 0. The van der Waals surface area contributed by atoms with Crippen molar-refractivity contribution in [1.29, 1.82) is 0 Å². The smallest absolute Gasteiger partial charge is 0.244 e. The van der Waals surface area contributed by atoms with Crippen LogP contribution in [0.25, 0.3) is 0 Å². The molecular formula is C20H33N2O3S+. The first-order chi connectivity index (χ1) is 12.3. The molecule has 0 amide bonds. The second-order valence-corrected chi connectivity index (χ2v) is 9.81. The Balaban J connectivity index is 1.71. The van der Waals surface area contributed by atoms with Gasteiger partial charge in [0.1, 0.15) is 12.6 Å². The monoisotopic (exact) mass is 381 g/mol. The minimum atomic E-state index is -3.44. The Hall–Kier alpha value is -0.950. The van der Waals surface area contributed by atoms with Crippen LogP contribution in [0.2, 0.25) is 0 Å². The summed E-state index contributed by atoms with van der Waals surface area (Å²) < 4.78 is 34.2. The lowest BCUT2D eigenvalue weighted by atomic mass is 10.0. The van der Waals surface area contributed by atoms with E-state index in [0.29, 0.717) is 24.1 Å². The van der Waals surface area contributed by atoms with Crippen molar-refractivity contribution in [3.63, 3.8) is 0 Å². The van der Waals surface area contributed by atoms with Gasteiger partial charge in [-0.3, -0.25) is 0 Å². The average molecular weight is 382 g/mol. The van der Waals surface area contributed by atoms with E-state index in [1.54, 1.807) is 4.31 Å². The molecule has 1 atom stereocenters. The molecule has 0 unspecified atom stereocenters. The molecule has 2 saturated heterocycles. The van der Waals surface area contributed by atoms with Crippen LogP contribution in [0.4, 0.5) is 0 Å². The number of rotatable bonds is 4. The molecular weight excluding hydrogens is 348 g/mol. The summed E-state index contributed by atoms with van der Waals surface area (Å²) in [4.78, 5) is 1.99. The maximum Gasteiger partial charge on any atom is 0.244 e. The number of ether oxygens (including phenoxy) is 1. The van der Waals surface area contributed by atoms with E-state index < -0.39 is 10.0 Å². The molecule has 2 aliphatic rings. The van der Waals surface area contributed by atoms with Crippen molar-refractivity contribution in [2.24, 2.45) is 0 Å². The molecule has 0 saturated carbocycles. The van der Waals surface area contributed by atoms with Gasteiger partial charge in [0.15, 0.2) is 0 Å². The third kappa shape index (κ3) is 3.98. The van der Waals surface area contributed by atoms with Crippen molar-refractivity contribution >= 4 is 10.0 Å². The molecule has 2 fully saturated rings. The number of nitrogens with zero attached hydrogens (tertiary/aromatic N) is 1. The molecule has 0 aliphatic carbocycles. The van der Waals surface area contributed by atoms with Crippen molar-refractivity contribution in [2.75, 3.05) is 39.3 Å². The maximum absolute atomic E-state index is 13.3. The summed E-state index contributed by atoms with van der Waals surface area (Å²) in [5.41, 5.74) is 3.87. The second kappa shape index (κ2) is 7.97. The van der Waals surface area contributed by atoms with Crippen LogP contribution in [-0.4, -0.2) is 58.2 Å². The Labute approximate surface area is 158 Å². The lowest BCUT2D eigenvalue weighted by Gasteiger charge is -2.34. The topological polar surface area (TPSA) is 51.0 Å². The number of quaternary nitrogens is 1. The SMILES string of the molecule is Cc1cc(C)c(C)c(S(=O)(=O)N2CC[NH+](C[C@@H]3CCCCO3)CC2)c1C. The van der Waals surface area contributed by atoms with E-state index in [1.807, 2.05) is 27.7 Å². The summed E-state index contributed by atoms with van der Waals surface area (Å²) in [6, 6.07) is 2.08. The fourth-order valence-electron chi connectivity index (χ4n) is 4.23. The fourth-order valence-corrected chi connectivity index (χ4v) is 6.25. The van der Waals surface area contributed by atoms with E-state index in [-0.39, 0.29) is 0 Å². The first kappa shape index (κ1) is 19.8. The predicted octanol–water partition coefficient (Wildman–Crippen LogP) is 1.38. The van der Waals surface area contributed by atoms with Gasteiger partial charge < -0.3 is 9.64 Å². The normalized spacial score (nSPS) is 23.3. The van der Waals surface area contributed by atoms with Gasteiger partial charge in [0.05, 0.1) is 31.1 Å². The zero-order chi connectivity index (χ0) is 18.9. The number of nitrogens with one attached hydrogen (secondary N) is 1. The van der Waals surface area contributed by atoms with Gasteiger partial charge in [-0.25, -0.2) is 8.42 Å². The number of hydrogen-bond acceptors (Lipinski definition) is 3. The molecule has 3 rings (SSSR count). The summed E-state index contributed by atoms with van der Waals surface area (Å²) in [6.07, 6.45) is 3.92. The van der Waals surface area contributed by atoms with Gasteiger partial charge in [-0.15, -0.1) is 0 Å². The van der Waals surface area contributed by atoms with Crippen LogP contribution < -0.4 is 4.90 Å². The van der Waals surface area contributed by atoms with Gasteiger partial charge in [-0.2, -0.15) is 4.31 Å². The molecule has 1 aromatic carbocycles. The average Bonchev–Trinajstić information content (AvgIpc) is 2.61. The van der Waals surface area contributed by atoms with E-state index in [2.05, 4.69) is 6.07 Å². The number of piperazine rings is 1. The zero-order valence-electron chi connectivity index (χ0n) is 16.6. The lowest BCUT2D eigenvalue weighted by molar-refractivity contribution is -0.907. The second-order valence-electron chi connectivity index (χ2n) is 7.94. The van der Waals surface area contributed by atoms with Crippen LogP contribution >= 0.6 is 0 Å². The Morgan fingerprint density at radius 3 is 2.23 bits per heavy atom. The highest BCUT2D eigenvalue weighted by Gasteiger charge is 2.34. The van der Waals surface area contributed by atoms with Crippen molar-refractivity contribution in [3.8, 4) is 0 Å². The Bertz CT molecular complexity index is 721. The first-order valence-corrected chi connectivity index (χ1v) is 11.3. The molecule has 5 nitrogen and oxygen atoms in total. The number of aryl methyl sites for hydroxylation is 2. The summed E-state index contributed by atoms with van der Waals surface area (Å²) in [5, 5.41) is 0. The van der Waals surface area contributed by atoms with Crippen LogP contribution in [0.5, 0.6) is 0 Å². The van der Waals surface area contributed by atoms with Crippen molar-refractivity contribution in [2.45, 2.75) is 58.0 Å². The van der Waals surface area contributed by atoms with Gasteiger partial charge in [-0.05, 0) is 69.2 Å². The summed E-state index contributed by atoms with van der Waals surface area (Å²) in [7, 11) is -3.44. The van der Waals surface area contributed by atoms with E-state index in [4.69, 9.17) is 4.74 Å². The Kier molecular flexibility index (Phi) is 6.07. The van der Waals surface area contributed by atoms with Gasteiger partial charge in [0.2, 0.25) is 10.0 Å². The van der Waals surface area contributed by atoms with Gasteiger partial charge in [-0.1, -0.05) is 6.07 Å². The Morgan fingerprint density at radius 2 is 1.69 bits per heavy atom. The highest BCUT2D eigenvalue weighted by atomic mass is 32.2. The highest BCUT2D eigenvalue weighted by molar-refractivity contribution is 7.89.